The molecule has 0 spiro atoms. The van der Waals surface area contributed by atoms with Gasteiger partial charge >= 0.3 is 0 Å². The number of nitrogens with one attached hydrogen (secondary N) is 2. The van der Waals surface area contributed by atoms with Gasteiger partial charge in [-0.25, -0.2) is 8.42 Å². The van der Waals surface area contributed by atoms with Gasteiger partial charge in [-0.15, -0.1) is 0 Å². The first kappa shape index (κ1) is 26.1. The summed E-state index contributed by atoms with van der Waals surface area (Å²) >= 11 is 0. The maximum Gasteiger partial charge on any atom is 0.238 e. The van der Waals surface area contributed by atoms with E-state index >= 15 is 0 Å². The van der Waals surface area contributed by atoms with E-state index in [1.807, 2.05) is 42.5 Å². The number of rotatable bonds is 8. The fraction of sp³-hybridized carbons (Fsp3) is 0.310. The second-order valence-electron chi connectivity index (χ2n) is 9.84. The van der Waals surface area contributed by atoms with Gasteiger partial charge in [-0.3, -0.25) is 19.4 Å². The lowest BCUT2D eigenvalue weighted by Crippen LogP contribution is -2.43. The highest BCUT2D eigenvalue weighted by Gasteiger charge is 2.36. The second kappa shape index (κ2) is 11.1. The molecule has 9 heteroatoms. The number of nitrogens with zero attached hydrogens (tertiary/aromatic N) is 3. The van der Waals surface area contributed by atoms with E-state index in [0.717, 1.165) is 44.0 Å². The van der Waals surface area contributed by atoms with Crippen LogP contribution in [0.3, 0.4) is 0 Å². The Balaban J connectivity index is 1.47. The summed E-state index contributed by atoms with van der Waals surface area (Å²) in [6.07, 6.45) is 0. The third kappa shape index (κ3) is 5.96. The summed E-state index contributed by atoms with van der Waals surface area (Å²) < 4.78 is 26.9. The van der Waals surface area contributed by atoms with Crippen LogP contribution in [0.4, 0.5) is 17.1 Å². The molecule has 198 valence electrons. The van der Waals surface area contributed by atoms with Crippen LogP contribution in [0.25, 0.3) is 0 Å². The lowest BCUT2D eigenvalue weighted by Gasteiger charge is -2.32. The van der Waals surface area contributed by atoms with Crippen molar-refractivity contribution in [1.82, 2.24) is 9.80 Å². The van der Waals surface area contributed by atoms with Crippen molar-refractivity contribution in [2.75, 3.05) is 49.0 Å². The second-order valence-corrected chi connectivity index (χ2v) is 11.8. The molecule has 0 radical (unpaired) electrons. The average molecular weight is 532 g/mol. The Bertz CT molecular complexity index is 1430. The number of likely N-dealkylation sites (N-methyl/N-ethyl adjacent to an activating group) is 1. The smallest absolute Gasteiger partial charge is 0.238 e. The summed E-state index contributed by atoms with van der Waals surface area (Å²) in [5, 5.41) is 2.94. The number of benzene rings is 3. The van der Waals surface area contributed by atoms with Gasteiger partial charge in [0.15, 0.2) is 0 Å². The molecule has 2 heterocycles. The van der Waals surface area contributed by atoms with Gasteiger partial charge in [-0.1, -0.05) is 42.5 Å². The molecule has 5 rings (SSSR count). The number of carbonyl (C=O) groups excluding carboxylic acids is 1. The van der Waals surface area contributed by atoms with E-state index < -0.39 is 15.9 Å². The van der Waals surface area contributed by atoms with Crippen molar-refractivity contribution >= 4 is 38.7 Å². The topological polar surface area (TPSA) is 94.1 Å². The van der Waals surface area contributed by atoms with Crippen LogP contribution < -0.4 is 10.0 Å². The monoisotopic (exact) mass is 531 g/mol. The summed E-state index contributed by atoms with van der Waals surface area (Å²) in [4.78, 5) is 23.0. The Morgan fingerprint density at radius 3 is 2.39 bits per heavy atom. The molecule has 2 N–H and O–H groups in total. The molecule has 2 aliphatic rings. The van der Waals surface area contributed by atoms with Crippen molar-refractivity contribution < 1.29 is 13.2 Å². The van der Waals surface area contributed by atoms with Gasteiger partial charge in [0, 0.05) is 44.1 Å². The number of anilines is 2. The zero-order valence-corrected chi connectivity index (χ0v) is 22.5. The van der Waals surface area contributed by atoms with Crippen LogP contribution in [0.2, 0.25) is 0 Å². The summed E-state index contributed by atoms with van der Waals surface area (Å²) in [5.74, 6) is -0.903. The molecule has 3 aromatic carbocycles. The van der Waals surface area contributed by atoms with Crippen molar-refractivity contribution in [2.45, 2.75) is 19.4 Å². The molecule has 38 heavy (non-hydrogen) atoms. The van der Waals surface area contributed by atoms with Crippen molar-refractivity contribution in [1.29, 1.82) is 0 Å². The Morgan fingerprint density at radius 1 is 1.00 bits per heavy atom. The SMILES string of the molecule is CCS(=O)(=O)Nc1ccc2c(c1)C(C(=Nc1ccc(CN3CCN(C)CC3)cc1)c1ccccc1)C(=O)N2. The van der Waals surface area contributed by atoms with Crippen LogP contribution in [0, 0.1) is 0 Å². The van der Waals surface area contributed by atoms with Crippen LogP contribution in [0.15, 0.2) is 77.8 Å². The van der Waals surface area contributed by atoms with Crippen molar-refractivity contribution in [3.63, 3.8) is 0 Å². The third-order valence-corrected chi connectivity index (χ3v) is 8.37. The molecule has 2 aliphatic heterocycles. The zero-order chi connectivity index (χ0) is 26.7. The normalized spacial score (nSPS) is 18.7. The van der Waals surface area contributed by atoms with Crippen LogP contribution in [-0.4, -0.2) is 68.8 Å². The third-order valence-electron chi connectivity index (χ3n) is 7.07. The van der Waals surface area contributed by atoms with E-state index in [1.54, 1.807) is 25.1 Å². The molecule has 1 fully saturated rings. The number of hydrogen-bond donors (Lipinski definition) is 2. The Kier molecular flexibility index (Phi) is 7.60. The number of fused-ring (bicyclic) bond motifs is 1. The number of aliphatic imine (C=N–C) groups is 1. The van der Waals surface area contributed by atoms with Gasteiger partial charge in [-0.2, -0.15) is 0 Å². The van der Waals surface area contributed by atoms with Crippen LogP contribution >= 0.6 is 0 Å². The van der Waals surface area contributed by atoms with Crippen LogP contribution in [0.1, 0.15) is 29.5 Å². The molecule has 1 unspecified atom stereocenters. The van der Waals surface area contributed by atoms with Crippen molar-refractivity contribution in [3.05, 3.63) is 89.5 Å². The lowest BCUT2D eigenvalue weighted by molar-refractivity contribution is -0.115. The maximum atomic E-state index is 13.2. The maximum absolute atomic E-state index is 13.2. The molecule has 1 atom stereocenters. The van der Waals surface area contributed by atoms with Crippen LogP contribution in [0.5, 0.6) is 0 Å². The summed E-state index contributed by atoms with van der Waals surface area (Å²) in [6, 6.07) is 22.9. The Morgan fingerprint density at radius 2 is 1.71 bits per heavy atom. The predicted molar refractivity (Wildman–Crippen MR) is 153 cm³/mol. The number of carbonyl (C=O) groups is 1. The van der Waals surface area contributed by atoms with Crippen LogP contribution in [-0.2, 0) is 21.4 Å². The van der Waals surface area contributed by atoms with E-state index in [2.05, 4.69) is 39.0 Å². The molecule has 0 saturated carbocycles. The molecule has 1 saturated heterocycles. The summed E-state index contributed by atoms with van der Waals surface area (Å²) in [6.45, 7) is 6.76. The number of sulfonamides is 1. The number of amides is 1. The van der Waals surface area contributed by atoms with E-state index in [4.69, 9.17) is 4.99 Å². The largest absolute Gasteiger partial charge is 0.325 e. The summed E-state index contributed by atoms with van der Waals surface area (Å²) in [5.41, 5.74) is 5.21. The highest BCUT2D eigenvalue weighted by atomic mass is 32.2. The quantitative estimate of drug-likeness (QED) is 0.428. The van der Waals surface area contributed by atoms with E-state index in [9.17, 15) is 13.2 Å². The Hall–Kier alpha value is -3.53. The van der Waals surface area contributed by atoms with Gasteiger partial charge in [0.1, 0.15) is 5.92 Å². The minimum absolute atomic E-state index is 0.0355. The Labute approximate surface area is 224 Å². The van der Waals surface area contributed by atoms with Gasteiger partial charge < -0.3 is 10.2 Å². The highest BCUT2D eigenvalue weighted by molar-refractivity contribution is 7.92. The lowest BCUT2D eigenvalue weighted by atomic mass is 9.90. The van der Waals surface area contributed by atoms with E-state index in [-0.39, 0.29) is 11.7 Å². The van der Waals surface area contributed by atoms with E-state index in [1.165, 1.54) is 5.56 Å². The first-order valence-corrected chi connectivity index (χ1v) is 14.6. The molecule has 0 aromatic heterocycles. The predicted octanol–water partition coefficient (Wildman–Crippen LogP) is 4.05. The molecular weight excluding hydrogens is 498 g/mol. The van der Waals surface area contributed by atoms with Crippen molar-refractivity contribution in [2.24, 2.45) is 4.99 Å². The standard InChI is InChI=1S/C29H33N5O3S/c1-3-38(36,37)32-24-13-14-26-25(19-24)27(29(35)31-26)28(22-7-5-4-6-8-22)30-23-11-9-21(10-12-23)20-34-17-15-33(2)16-18-34/h4-14,19,27,32H,3,15-18,20H2,1-2H3,(H,31,35). The molecule has 1 amide bonds. The molecule has 0 aliphatic carbocycles. The first-order chi connectivity index (χ1) is 18.3. The zero-order valence-electron chi connectivity index (χ0n) is 21.7. The number of hydrogen-bond acceptors (Lipinski definition) is 6. The fourth-order valence-electron chi connectivity index (χ4n) is 4.83. The van der Waals surface area contributed by atoms with Gasteiger partial charge in [0.2, 0.25) is 15.9 Å². The molecule has 8 nitrogen and oxygen atoms in total. The average Bonchev–Trinajstić information content (AvgIpc) is 3.24. The van der Waals surface area contributed by atoms with Gasteiger partial charge in [0.25, 0.3) is 0 Å². The minimum atomic E-state index is -3.45. The minimum Gasteiger partial charge on any atom is -0.325 e. The first-order valence-electron chi connectivity index (χ1n) is 12.9. The highest BCUT2D eigenvalue weighted by Crippen LogP contribution is 2.38. The van der Waals surface area contributed by atoms with Gasteiger partial charge in [0.05, 0.1) is 17.2 Å². The molecular formula is C29H33N5O3S. The van der Waals surface area contributed by atoms with E-state index in [0.29, 0.717) is 22.6 Å². The van der Waals surface area contributed by atoms with Gasteiger partial charge in [-0.05, 0) is 61.0 Å². The molecule has 3 aromatic rings. The number of piperazine rings is 1. The van der Waals surface area contributed by atoms with Crippen molar-refractivity contribution in [3.8, 4) is 0 Å². The fourth-order valence-corrected chi connectivity index (χ4v) is 5.46. The summed E-state index contributed by atoms with van der Waals surface area (Å²) in [7, 11) is -1.30. The molecule has 0 bridgehead atoms.